The van der Waals surface area contributed by atoms with Gasteiger partial charge in [0, 0.05) is 12.2 Å². The molecule has 0 heterocycles. The number of hydrogen-bond acceptors (Lipinski definition) is 1. The highest BCUT2D eigenvalue weighted by Crippen LogP contribution is 2.20. The van der Waals surface area contributed by atoms with Crippen molar-refractivity contribution in [2.45, 2.75) is 154 Å². The van der Waals surface area contributed by atoms with Crippen molar-refractivity contribution in [3.8, 4) is 0 Å². The summed E-state index contributed by atoms with van der Waals surface area (Å²) in [6, 6.07) is 0. The zero-order valence-corrected chi connectivity index (χ0v) is 21.4. The topological polar surface area (TPSA) is 9.23 Å². The summed E-state index contributed by atoms with van der Waals surface area (Å²) >= 11 is 0. The van der Waals surface area contributed by atoms with Crippen molar-refractivity contribution in [2.75, 3.05) is 0 Å². The van der Waals surface area contributed by atoms with Crippen LogP contribution in [0.2, 0.25) is 0 Å². The van der Waals surface area contributed by atoms with Gasteiger partial charge in [0.25, 0.3) is 12.2 Å². The van der Waals surface area contributed by atoms with E-state index in [1.165, 1.54) is 77.0 Å². The Morgan fingerprint density at radius 3 is 1.03 bits per heavy atom. The third-order valence-electron chi connectivity index (χ3n) is 6.16. The third kappa shape index (κ3) is 24.1. The molecule has 0 aliphatic heterocycles. The van der Waals surface area contributed by atoms with Crippen molar-refractivity contribution >= 4 is 0 Å². The van der Waals surface area contributed by atoms with E-state index >= 15 is 0 Å². The van der Waals surface area contributed by atoms with Crippen LogP contribution in [0, 0.1) is 0 Å². The maximum Gasteiger partial charge on any atom is 0.268 e. The molecule has 0 saturated heterocycles. The molecule has 0 saturated carbocycles. The van der Waals surface area contributed by atoms with Crippen LogP contribution in [0.1, 0.15) is 142 Å². The Balaban J connectivity index is 4.25. The molecule has 0 aliphatic carbocycles. The summed E-state index contributed by atoms with van der Waals surface area (Å²) in [7, 11) is 0. The van der Waals surface area contributed by atoms with Crippen molar-refractivity contribution in [2.24, 2.45) is 0 Å². The van der Waals surface area contributed by atoms with Gasteiger partial charge in [-0.2, -0.15) is 17.6 Å². The lowest BCUT2D eigenvalue weighted by atomic mass is 10.0. The van der Waals surface area contributed by atoms with Gasteiger partial charge in [-0.15, -0.1) is 0 Å². The molecule has 0 rings (SSSR count). The quantitative estimate of drug-likeness (QED) is 0.0990. The second kappa shape index (κ2) is 24.3. The second-order valence-electron chi connectivity index (χ2n) is 9.36. The maximum absolute atomic E-state index is 12.9. The molecule has 2 atom stereocenters. The minimum atomic E-state index is -1.80. The first kappa shape index (κ1) is 32.2. The minimum absolute atomic E-state index is 0.448. The van der Waals surface area contributed by atoms with Crippen LogP contribution < -0.4 is 0 Å². The van der Waals surface area contributed by atoms with E-state index in [0.717, 1.165) is 50.7 Å². The predicted molar refractivity (Wildman–Crippen MR) is 133 cm³/mol. The predicted octanol–water partition coefficient (Wildman–Crippen LogP) is 11.1. The van der Waals surface area contributed by atoms with Gasteiger partial charge in [-0.25, -0.2) is 0 Å². The van der Waals surface area contributed by atoms with Gasteiger partial charge in [0.2, 0.25) is 0 Å². The molecule has 0 aromatic heterocycles. The van der Waals surface area contributed by atoms with Gasteiger partial charge in [0.1, 0.15) is 0 Å². The third-order valence-corrected chi connectivity index (χ3v) is 6.16. The van der Waals surface area contributed by atoms with E-state index in [9.17, 15) is 17.6 Å². The maximum atomic E-state index is 12.9. The number of unbranched alkanes of at least 4 members (excludes halogenated alkanes) is 16. The molecule has 2 unspecified atom stereocenters. The van der Waals surface area contributed by atoms with Gasteiger partial charge >= 0.3 is 0 Å². The number of rotatable bonds is 24. The van der Waals surface area contributed by atoms with Crippen LogP contribution in [0.5, 0.6) is 0 Å². The van der Waals surface area contributed by atoms with Crippen molar-refractivity contribution in [1.29, 1.82) is 0 Å². The first-order chi connectivity index (χ1) is 16.0. The molecule has 0 amide bonds. The molecule has 0 fully saturated rings. The molecular formula is C28H50F4O. The summed E-state index contributed by atoms with van der Waals surface area (Å²) in [4.78, 5) is 0. The Kier molecular flexibility index (Phi) is 23.7. The van der Waals surface area contributed by atoms with E-state index in [-0.39, 0.29) is 0 Å². The molecule has 1 nitrogen and oxygen atoms in total. The van der Waals surface area contributed by atoms with Crippen molar-refractivity contribution in [3.63, 3.8) is 0 Å². The molecule has 0 aromatic carbocycles. The normalized spacial score (nSPS) is 13.0. The molecule has 196 valence electrons. The highest BCUT2D eigenvalue weighted by Gasteiger charge is 2.16. The van der Waals surface area contributed by atoms with Crippen molar-refractivity contribution < 1.29 is 22.3 Å². The van der Waals surface area contributed by atoms with Gasteiger partial charge in [-0.1, -0.05) is 129 Å². The number of ether oxygens (including phenoxy) is 1. The summed E-state index contributed by atoms with van der Waals surface area (Å²) in [5.41, 5.74) is 0. The van der Waals surface area contributed by atoms with E-state index in [2.05, 4.69) is 13.8 Å². The summed E-state index contributed by atoms with van der Waals surface area (Å²) in [6.07, 6.45) is 17.8. The van der Waals surface area contributed by atoms with Crippen LogP contribution in [-0.4, -0.2) is 12.2 Å². The van der Waals surface area contributed by atoms with Crippen LogP contribution >= 0.6 is 0 Å². The average Bonchev–Trinajstić information content (AvgIpc) is 2.75. The second-order valence-corrected chi connectivity index (χ2v) is 9.36. The van der Waals surface area contributed by atoms with Gasteiger partial charge in [0.15, 0.2) is 0 Å². The fourth-order valence-corrected chi connectivity index (χ4v) is 4.20. The molecule has 0 bridgehead atoms. The first-order valence-corrected chi connectivity index (χ1v) is 13.7. The lowest BCUT2D eigenvalue weighted by Gasteiger charge is -2.20. The highest BCUT2D eigenvalue weighted by molar-refractivity contribution is 4.94. The van der Waals surface area contributed by atoms with Crippen molar-refractivity contribution in [3.05, 3.63) is 24.3 Å². The SMILES string of the molecule is CCCCCCCCCCCC(C=C(F)F)OC(C=C(F)F)CCCCCCCCCCC. The van der Waals surface area contributed by atoms with E-state index in [0.29, 0.717) is 12.8 Å². The Hall–Kier alpha value is -0.840. The lowest BCUT2D eigenvalue weighted by molar-refractivity contribution is 0.0254. The molecule has 0 aliphatic rings. The van der Waals surface area contributed by atoms with Gasteiger partial charge < -0.3 is 4.74 Å². The fraction of sp³-hybridized carbons (Fsp3) is 0.857. The molecule has 0 N–H and O–H groups in total. The van der Waals surface area contributed by atoms with Gasteiger partial charge in [-0.05, 0) is 12.8 Å². The average molecular weight is 479 g/mol. The Morgan fingerprint density at radius 1 is 0.485 bits per heavy atom. The summed E-state index contributed by atoms with van der Waals surface area (Å²) < 4.78 is 57.3. The van der Waals surface area contributed by atoms with Crippen LogP contribution in [0.25, 0.3) is 0 Å². The molecule has 0 aromatic rings. The van der Waals surface area contributed by atoms with Crippen molar-refractivity contribution in [1.82, 2.24) is 0 Å². The van der Waals surface area contributed by atoms with Crippen LogP contribution in [0.3, 0.4) is 0 Å². The molecule has 0 spiro atoms. The highest BCUT2D eigenvalue weighted by atomic mass is 19.3. The smallest absolute Gasteiger partial charge is 0.268 e. The molecule has 5 heteroatoms. The molecule has 0 radical (unpaired) electrons. The van der Waals surface area contributed by atoms with E-state index in [1.807, 2.05) is 0 Å². The molecular weight excluding hydrogens is 428 g/mol. The largest absolute Gasteiger partial charge is 0.366 e. The number of halogens is 4. The van der Waals surface area contributed by atoms with Gasteiger partial charge in [-0.3, -0.25) is 0 Å². The van der Waals surface area contributed by atoms with Crippen LogP contribution in [0.15, 0.2) is 24.3 Å². The summed E-state index contributed by atoms with van der Waals surface area (Å²) in [6.45, 7) is 4.40. The van der Waals surface area contributed by atoms with E-state index in [1.54, 1.807) is 0 Å². The minimum Gasteiger partial charge on any atom is -0.366 e. The zero-order chi connectivity index (χ0) is 24.6. The van der Waals surface area contributed by atoms with Gasteiger partial charge in [0.05, 0.1) is 12.2 Å². The monoisotopic (exact) mass is 478 g/mol. The van der Waals surface area contributed by atoms with E-state index in [4.69, 9.17) is 4.74 Å². The Bertz CT molecular complexity index is 429. The van der Waals surface area contributed by atoms with E-state index < -0.39 is 24.4 Å². The summed E-state index contributed by atoms with van der Waals surface area (Å²) in [5, 5.41) is 0. The number of hydrogen-bond donors (Lipinski definition) is 0. The Morgan fingerprint density at radius 2 is 0.758 bits per heavy atom. The fourth-order valence-electron chi connectivity index (χ4n) is 4.20. The summed E-state index contributed by atoms with van der Waals surface area (Å²) in [5.74, 6) is 0. The Labute approximate surface area is 201 Å². The van der Waals surface area contributed by atoms with Crippen LogP contribution in [-0.2, 0) is 4.74 Å². The standard InChI is InChI=1S/C28H50F4O/c1-3-5-7-9-11-13-15-17-19-21-25(23-27(29)30)33-26(24-28(31)32)22-20-18-16-14-12-10-8-6-4-2/h23-26H,3-22H2,1-2H3. The lowest BCUT2D eigenvalue weighted by Crippen LogP contribution is -2.20. The first-order valence-electron chi connectivity index (χ1n) is 13.7. The molecule has 33 heavy (non-hydrogen) atoms. The zero-order valence-electron chi connectivity index (χ0n) is 21.4. The van der Waals surface area contributed by atoms with Crippen LogP contribution in [0.4, 0.5) is 17.6 Å².